The molecule has 2 aromatic rings. The molecule has 0 fully saturated rings. The van der Waals surface area contributed by atoms with E-state index in [1.807, 2.05) is 12.1 Å². The third-order valence-electron chi connectivity index (χ3n) is 3.91. The molecule has 1 amide bonds. The minimum atomic E-state index is -0.180. The van der Waals surface area contributed by atoms with Crippen molar-refractivity contribution in [3.8, 4) is 11.5 Å². The van der Waals surface area contributed by atoms with Crippen LogP contribution in [0.25, 0.3) is 0 Å². The zero-order valence-corrected chi connectivity index (χ0v) is 15.2. The van der Waals surface area contributed by atoms with E-state index in [1.165, 1.54) is 18.4 Å². The van der Waals surface area contributed by atoms with Gasteiger partial charge in [-0.2, -0.15) is 0 Å². The van der Waals surface area contributed by atoms with Crippen LogP contribution >= 0.6 is 15.9 Å². The number of carbonyl (C=O) groups is 1. The number of halogens is 1. The summed E-state index contributed by atoms with van der Waals surface area (Å²) in [5.41, 5.74) is 2.59. The molecule has 0 radical (unpaired) electrons. The molecule has 1 heterocycles. The number of aryl methyl sites for hydroxylation is 1. The average molecular weight is 390 g/mol. The minimum Gasteiger partial charge on any atom is -0.486 e. The Hall–Kier alpha value is -2.01. The van der Waals surface area contributed by atoms with Crippen molar-refractivity contribution in [1.82, 2.24) is 0 Å². The summed E-state index contributed by atoms with van der Waals surface area (Å²) >= 11 is 3.43. The number of carbonyl (C=O) groups excluding carboxylic acids is 1. The van der Waals surface area contributed by atoms with Crippen LogP contribution < -0.4 is 14.8 Å². The van der Waals surface area contributed by atoms with Crippen molar-refractivity contribution in [2.24, 2.45) is 0 Å². The van der Waals surface area contributed by atoms with Gasteiger partial charge in [-0.3, -0.25) is 4.79 Å². The second-order valence-corrected chi connectivity index (χ2v) is 6.58. The van der Waals surface area contributed by atoms with E-state index in [0.717, 1.165) is 12.1 Å². The molecule has 1 aliphatic rings. The van der Waals surface area contributed by atoms with Gasteiger partial charge >= 0.3 is 0 Å². The van der Waals surface area contributed by atoms with Crippen LogP contribution in [0, 0.1) is 0 Å². The third kappa shape index (κ3) is 3.90. The van der Waals surface area contributed by atoms with Crippen molar-refractivity contribution < 1.29 is 14.3 Å². The van der Waals surface area contributed by atoms with Crippen molar-refractivity contribution in [3.63, 3.8) is 0 Å². The average Bonchev–Trinajstić information content (AvgIpc) is 2.60. The molecule has 4 nitrogen and oxygen atoms in total. The largest absolute Gasteiger partial charge is 0.486 e. The number of hydrogen-bond donors (Lipinski definition) is 1. The van der Waals surface area contributed by atoms with E-state index in [9.17, 15) is 4.79 Å². The van der Waals surface area contributed by atoms with Crippen LogP contribution in [0.3, 0.4) is 0 Å². The number of rotatable bonds is 5. The number of ether oxygens (including phenoxy) is 2. The molecule has 5 heteroatoms. The van der Waals surface area contributed by atoms with Crippen LogP contribution in [0.5, 0.6) is 11.5 Å². The van der Waals surface area contributed by atoms with Gasteiger partial charge in [0, 0.05) is 10.2 Å². The van der Waals surface area contributed by atoms with Gasteiger partial charge in [0.15, 0.2) is 11.5 Å². The van der Waals surface area contributed by atoms with Crippen LogP contribution in [0.2, 0.25) is 0 Å². The number of amides is 1. The molecule has 0 aromatic heterocycles. The Balaban J connectivity index is 1.72. The van der Waals surface area contributed by atoms with Gasteiger partial charge < -0.3 is 14.8 Å². The molecule has 0 saturated heterocycles. The fourth-order valence-corrected chi connectivity index (χ4v) is 3.07. The number of hydrogen-bond acceptors (Lipinski definition) is 3. The lowest BCUT2D eigenvalue weighted by molar-refractivity contribution is 0.102. The Morgan fingerprint density at radius 3 is 2.46 bits per heavy atom. The molecule has 0 unspecified atom stereocenters. The van der Waals surface area contributed by atoms with E-state index >= 15 is 0 Å². The molecular weight excluding hydrogens is 370 g/mol. The maximum absolute atomic E-state index is 12.5. The zero-order chi connectivity index (χ0) is 16.9. The highest BCUT2D eigenvalue weighted by Crippen LogP contribution is 2.35. The Morgan fingerprint density at radius 2 is 1.79 bits per heavy atom. The van der Waals surface area contributed by atoms with Gasteiger partial charge in [-0.15, -0.1) is 0 Å². The fraction of sp³-hybridized carbons (Fsp3) is 0.316. The summed E-state index contributed by atoms with van der Waals surface area (Å²) in [6.45, 7) is 3.20. The van der Waals surface area contributed by atoms with Crippen LogP contribution in [0.1, 0.15) is 35.7 Å². The van der Waals surface area contributed by atoms with E-state index in [4.69, 9.17) is 9.47 Å². The lowest BCUT2D eigenvalue weighted by Crippen LogP contribution is -2.17. The first-order chi connectivity index (χ1) is 11.7. The summed E-state index contributed by atoms with van der Waals surface area (Å²) in [7, 11) is 0. The number of benzene rings is 2. The van der Waals surface area contributed by atoms with Gasteiger partial charge in [0.1, 0.15) is 13.2 Å². The molecule has 0 spiro atoms. The van der Waals surface area contributed by atoms with Crippen molar-refractivity contribution in [1.29, 1.82) is 0 Å². The zero-order valence-electron chi connectivity index (χ0n) is 13.6. The van der Waals surface area contributed by atoms with Crippen molar-refractivity contribution in [3.05, 3.63) is 52.0 Å². The highest BCUT2D eigenvalue weighted by Gasteiger charge is 2.18. The van der Waals surface area contributed by atoms with Gasteiger partial charge in [0.05, 0.1) is 5.56 Å². The molecule has 0 saturated carbocycles. The maximum Gasteiger partial charge on any atom is 0.256 e. The topological polar surface area (TPSA) is 47.6 Å². The highest BCUT2D eigenvalue weighted by atomic mass is 79.9. The first kappa shape index (κ1) is 16.8. The molecule has 3 rings (SSSR count). The van der Waals surface area contributed by atoms with E-state index in [2.05, 4.69) is 40.3 Å². The smallest absolute Gasteiger partial charge is 0.256 e. The molecular formula is C19H20BrNO3. The van der Waals surface area contributed by atoms with Crippen LogP contribution in [0.4, 0.5) is 5.69 Å². The first-order valence-electron chi connectivity index (χ1n) is 8.17. The predicted molar refractivity (Wildman–Crippen MR) is 98.1 cm³/mol. The van der Waals surface area contributed by atoms with Crippen molar-refractivity contribution in [2.45, 2.75) is 26.2 Å². The summed E-state index contributed by atoms with van der Waals surface area (Å²) in [5.74, 6) is 1.08. The van der Waals surface area contributed by atoms with Gasteiger partial charge in [-0.25, -0.2) is 0 Å². The summed E-state index contributed by atoms with van der Waals surface area (Å²) in [4.78, 5) is 12.5. The lowest BCUT2D eigenvalue weighted by atomic mass is 10.1. The quantitative estimate of drug-likeness (QED) is 0.797. The minimum absolute atomic E-state index is 0.180. The first-order valence-corrected chi connectivity index (χ1v) is 8.96. The van der Waals surface area contributed by atoms with E-state index in [-0.39, 0.29) is 5.91 Å². The Bertz CT molecular complexity index is 728. The standard InChI is InChI=1S/C19H20BrNO3/c1-2-3-4-13-5-7-14(8-6-13)21-19(22)15-11-17-18(12-16(15)20)24-10-9-23-17/h5-8,11-12H,2-4,9-10H2,1H3,(H,21,22). The van der Waals surface area contributed by atoms with Gasteiger partial charge in [0.2, 0.25) is 0 Å². The van der Waals surface area contributed by atoms with Crippen LogP contribution in [0.15, 0.2) is 40.9 Å². The highest BCUT2D eigenvalue weighted by molar-refractivity contribution is 9.10. The molecule has 1 N–H and O–H groups in total. The summed E-state index contributed by atoms with van der Waals surface area (Å²) in [5, 5.41) is 2.92. The maximum atomic E-state index is 12.5. The SMILES string of the molecule is CCCCc1ccc(NC(=O)c2cc3c(cc2Br)OCCO3)cc1. The van der Waals surface area contributed by atoms with E-state index in [0.29, 0.717) is 34.7 Å². The number of anilines is 1. The van der Waals surface area contributed by atoms with Gasteiger partial charge in [0.25, 0.3) is 5.91 Å². The molecule has 2 aromatic carbocycles. The van der Waals surface area contributed by atoms with Gasteiger partial charge in [-0.1, -0.05) is 25.5 Å². The molecule has 1 aliphatic heterocycles. The number of fused-ring (bicyclic) bond motifs is 1. The van der Waals surface area contributed by atoms with Crippen LogP contribution in [-0.4, -0.2) is 19.1 Å². The van der Waals surface area contributed by atoms with Crippen molar-refractivity contribution >= 4 is 27.5 Å². The number of nitrogens with one attached hydrogen (secondary N) is 1. The Kier molecular flexibility index (Phi) is 5.41. The third-order valence-corrected chi connectivity index (χ3v) is 4.56. The molecule has 0 bridgehead atoms. The monoisotopic (exact) mass is 389 g/mol. The lowest BCUT2D eigenvalue weighted by Gasteiger charge is -2.19. The summed E-state index contributed by atoms with van der Waals surface area (Å²) in [6, 6.07) is 11.5. The summed E-state index contributed by atoms with van der Waals surface area (Å²) < 4.78 is 11.7. The Morgan fingerprint density at radius 1 is 1.12 bits per heavy atom. The summed E-state index contributed by atoms with van der Waals surface area (Å²) in [6.07, 6.45) is 3.42. The fourth-order valence-electron chi connectivity index (χ4n) is 2.57. The van der Waals surface area contributed by atoms with E-state index < -0.39 is 0 Å². The van der Waals surface area contributed by atoms with Crippen LogP contribution in [-0.2, 0) is 6.42 Å². The van der Waals surface area contributed by atoms with E-state index in [1.54, 1.807) is 12.1 Å². The molecule has 24 heavy (non-hydrogen) atoms. The molecule has 0 atom stereocenters. The number of unbranched alkanes of at least 4 members (excludes halogenated alkanes) is 1. The second kappa shape index (κ2) is 7.71. The van der Waals surface area contributed by atoms with Gasteiger partial charge in [-0.05, 0) is 58.6 Å². The normalized spacial score (nSPS) is 12.8. The van der Waals surface area contributed by atoms with Crippen molar-refractivity contribution in [2.75, 3.05) is 18.5 Å². The second-order valence-electron chi connectivity index (χ2n) is 5.73. The molecule has 126 valence electrons. The molecule has 0 aliphatic carbocycles. The Labute approximate surface area is 150 Å². The predicted octanol–water partition coefficient (Wildman–Crippen LogP) is 4.82.